The van der Waals surface area contributed by atoms with Crippen molar-refractivity contribution in [3.63, 3.8) is 0 Å². The van der Waals surface area contributed by atoms with Gasteiger partial charge in [-0.1, -0.05) is 19.9 Å². The number of Topliss-reactive ketones (excluding diaryl/α,β-unsaturated/α-hetero) is 1. The maximum absolute atomic E-state index is 13.6. The molecule has 2 heterocycles. The summed E-state index contributed by atoms with van der Waals surface area (Å²) in [6.45, 7) is 4.32. The minimum absolute atomic E-state index is 0.116. The third-order valence-corrected chi connectivity index (χ3v) is 6.62. The first-order chi connectivity index (χ1) is 15.9. The molecule has 1 aromatic heterocycles. The molecule has 5 rings (SSSR count). The van der Waals surface area contributed by atoms with E-state index in [0.29, 0.717) is 23.7 Å². The zero-order chi connectivity index (χ0) is 23.3. The number of pyridine rings is 1. The fraction of sp³-hybridized carbons (Fsp3) is 0.333. The van der Waals surface area contributed by atoms with Crippen LogP contribution in [-0.4, -0.2) is 32.1 Å². The summed E-state index contributed by atoms with van der Waals surface area (Å²) in [7, 11) is 4.78. The lowest BCUT2D eigenvalue weighted by Gasteiger charge is -2.40. The van der Waals surface area contributed by atoms with Gasteiger partial charge in [0.05, 0.1) is 32.9 Å². The van der Waals surface area contributed by atoms with E-state index in [9.17, 15) is 4.79 Å². The number of carbonyl (C=O) groups is 1. The molecule has 0 bridgehead atoms. The molecule has 0 spiro atoms. The van der Waals surface area contributed by atoms with E-state index >= 15 is 0 Å². The van der Waals surface area contributed by atoms with Crippen molar-refractivity contribution >= 4 is 27.9 Å². The number of ketones is 1. The van der Waals surface area contributed by atoms with E-state index in [-0.39, 0.29) is 17.2 Å². The first-order valence-electron chi connectivity index (χ1n) is 11.1. The van der Waals surface area contributed by atoms with Gasteiger partial charge >= 0.3 is 0 Å². The second kappa shape index (κ2) is 7.80. The van der Waals surface area contributed by atoms with Gasteiger partial charge in [0, 0.05) is 34.8 Å². The fourth-order valence-corrected chi connectivity index (χ4v) is 5.24. The van der Waals surface area contributed by atoms with Crippen LogP contribution in [0.1, 0.15) is 43.9 Å². The number of anilines is 1. The Labute approximate surface area is 193 Å². The highest BCUT2D eigenvalue weighted by Crippen LogP contribution is 2.53. The van der Waals surface area contributed by atoms with Crippen LogP contribution in [0.3, 0.4) is 0 Å². The molecule has 1 aliphatic heterocycles. The fourth-order valence-electron chi connectivity index (χ4n) is 5.24. The number of benzene rings is 2. The number of allylic oxidation sites excluding steroid dienone is 1. The van der Waals surface area contributed by atoms with Crippen molar-refractivity contribution in [3.05, 3.63) is 59.3 Å². The highest BCUT2D eigenvalue weighted by Gasteiger charge is 2.41. The van der Waals surface area contributed by atoms with Crippen LogP contribution in [-0.2, 0) is 4.79 Å². The molecule has 170 valence electrons. The third kappa shape index (κ3) is 3.41. The number of ether oxygens (including phenoxy) is 3. The SMILES string of the molecule is COc1cc(C2Nc3ccc4ncccc4c3C3=C2C(=O)CC(C)(C)C3)cc(OC)c1OC. The number of hydrogen-bond donors (Lipinski definition) is 1. The van der Waals surface area contributed by atoms with Crippen LogP contribution in [0, 0.1) is 5.41 Å². The first-order valence-corrected chi connectivity index (χ1v) is 11.1. The molecule has 6 heteroatoms. The molecule has 1 N–H and O–H groups in total. The van der Waals surface area contributed by atoms with E-state index in [2.05, 4.69) is 36.3 Å². The van der Waals surface area contributed by atoms with Crippen molar-refractivity contribution in [2.24, 2.45) is 5.41 Å². The maximum Gasteiger partial charge on any atom is 0.203 e. The van der Waals surface area contributed by atoms with Crippen LogP contribution in [0.5, 0.6) is 17.2 Å². The van der Waals surface area contributed by atoms with Crippen LogP contribution >= 0.6 is 0 Å². The molecule has 0 radical (unpaired) electrons. The lowest BCUT2D eigenvalue weighted by molar-refractivity contribution is -0.118. The molecule has 0 saturated heterocycles. The van der Waals surface area contributed by atoms with E-state index in [1.54, 1.807) is 27.5 Å². The van der Waals surface area contributed by atoms with Crippen LogP contribution < -0.4 is 19.5 Å². The summed E-state index contributed by atoms with van der Waals surface area (Å²) >= 11 is 0. The molecular weight excluding hydrogens is 416 g/mol. The molecule has 6 nitrogen and oxygen atoms in total. The molecule has 2 aliphatic rings. The number of methoxy groups -OCH3 is 3. The minimum Gasteiger partial charge on any atom is -0.493 e. The summed E-state index contributed by atoms with van der Waals surface area (Å²) in [5, 5.41) is 4.70. The molecule has 3 aromatic rings. The topological polar surface area (TPSA) is 69.7 Å². The highest BCUT2D eigenvalue weighted by molar-refractivity contribution is 6.12. The lowest BCUT2D eigenvalue weighted by Crippen LogP contribution is -2.33. The zero-order valence-corrected chi connectivity index (χ0v) is 19.6. The summed E-state index contributed by atoms with van der Waals surface area (Å²) in [4.78, 5) is 18.1. The predicted octanol–water partition coefficient (Wildman–Crippen LogP) is 5.57. The van der Waals surface area contributed by atoms with Gasteiger partial charge in [-0.05, 0) is 53.3 Å². The standard InChI is InChI=1S/C27H28N2O4/c1-27(2)13-17-23-16-7-6-10-28-18(16)8-9-19(23)29-25(24(17)20(30)14-27)15-11-21(31-3)26(33-5)22(12-15)32-4/h6-12,25,29H,13-14H2,1-5H3. The van der Waals surface area contributed by atoms with E-state index < -0.39 is 0 Å². The molecule has 0 saturated carbocycles. The van der Waals surface area contributed by atoms with E-state index in [4.69, 9.17) is 14.2 Å². The third-order valence-electron chi connectivity index (χ3n) is 6.62. The summed E-state index contributed by atoms with van der Waals surface area (Å²) in [6, 6.07) is 11.6. The van der Waals surface area contributed by atoms with Crippen molar-refractivity contribution in [1.29, 1.82) is 0 Å². The van der Waals surface area contributed by atoms with Crippen LogP contribution in [0.25, 0.3) is 16.5 Å². The Balaban J connectivity index is 1.78. The lowest BCUT2D eigenvalue weighted by atomic mass is 9.68. The Morgan fingerprint density at radius 1 is 1.00 bits per heavy atom. The van der Waals surface area contributed by atoms with E-state index in [1.807, 2.05) is 24.3 Å². The van der Waals surface area contributed by atoms with Crippen molar-refractivity contribution in [2.45, 2.75) is 32.7 Å². The molecule has 1 atom stereocenters. The number of rotatable bonds is 4. The number of nitrogens with zero attached hydrogens (tertiary/aromatic N) is 1. The Morgan fingerprint density at radius 3 is 2.39 bits per heavy atom. The van der Waals surface area contributed by atoms with Gasteiger partial charge in [0.2, 0.25) is 5.75 Å². The molecule has 33 heavy (non-hydrogen) atoms. The number of aromatic nitrogens is 1. The molecule has 0 fully saturated rings. The van der Waals surface area contributed by atoms with Crippen molar-refractivity contribution in [1.82, 2.24) is 4.98 Å². The molecule has 0 amide bonds. The molecule has 1 unspecified atom stereocenters. The summed E-state index contributed by atoms with van der Waals surface area (Å²) in [5.41, 5.74) is 5.69. The zero-order valence-electron chi connectivity index (χ0n) is 19.6. The Morgan fingerprint density at radius 2 is 1.73 bits per heavy atom. The van der Waals surface area contributed by atoms with Crippen molar-refractivity contribution in [3.8, 4) is 17.2 Å². The average Bonchev–Trinajstić information content (AvgIpc) is 2.81. The number of nitrogens with one attached hydrogen (secondary N) is 1. The molecular formula is C27H28N2O4. The Bertz CT molecular complexity index is 1280. The summed E-state index contributed by atoms with van der Waals surface area (Å²) < 4.78 is 16.7. The smallest absolute Gasteiger partial charge is 0.203 e. The van der Waals surface area contributed by atoms with E-state index in [1.165, 1.54) is 0 Å². The molecule has 1 aliphatic carbocycles. The number of carbonyl (C=O) groups excluding carboxylic acids is 1. The largest absolute Gasteiger partial charge is 0.493 e. The summed E-state index contributed by atoms with van der Waals surface area (Å²) in [6.07, 6.45) is 3.12. The van der Waals surface area contributed by atoms with Crippen LogP contribution in [0.15, 0.2) is 48.2 Å². The monoisotopic (exact) mass is 444 g/mol. The van der Waals surface area contributed by atoms with Crippen molar-refractivity contribution < 1.29 is 19.0 Å². The summed E-state index contributed by atoms with van der Waals surface area (Å²) in [5.74, 6) is 1.82. The van der Waals surface area contributed by atoms with Gasteiger partial charge in [0.1, 0.15) is 0 Å². The normalized spacial score (nSPS) is 18.9. The van der Waals surface area contributed by atoms with Gasteiger partial charge in [-0.15, -0.1) is 0 Å². The number of hydrogen-bond acceptors (Lipinski definition) is 6. The quantitative estimate of drug-likeness (QED) is 0.567. The second-order valence-electron chi connectivity index (χ2n) is 9.43. The van der Waals surface area contributed by atoms with Crippen LogP contribution in [0.2, 0.25) is 0 Å². The van der Waals surface area contributed by atoms with Gasteiger partial charge in [-0.25, -0.2) is 0 Å². The van der Waals surface area contributed by atoms with Gasteiger partial charge in [-0.3, -0.25) is 9.78 Å². The van der Waals surface area contributed by atoms with Gasteiger partial charge < -0.3 is 19.5 Å². The average molecular weight is 445 g/mol. The molecule has 2 aromatic carbocycles. The first kappa shape index (κ1) is 21.3. The van der Waals surface area contributed by atoms with Gasteiger partial charge in [0.15, 0.2) is 17.3 Å². The highest BCUT2D eigenvalue weighted by atomic mass is 16.5. The van der Waals surface area contributed by atoms with Crippen LogP contribution in [0.4, 0.5) is 5.69 Å². The van der Waals surface area contributed by atoms with E-state index in [0.717, 1.165) is 45.3 Å². The van der Waals surface area contributed by atoms with Crippen molar-refractivity contribution in [2.75, 3.05) is 26.6 Å². The predicted molar refractivity (Wildman–Crippen MR) is 129 cm³/mol. The maximum atomic E-state index is 13.6. The minimum atomic E-state index is -0.320. The van der Waals surface area contributed by atoms with Gasteiger partial charge in [-0.2, -0.15) is 0 Å². The second-order valence-corrected chi connectivity index (χ2v) is 9.43. The Hall–Kier alpha value is -3.54. The van der Waals surface area contributed by atoms with Gasteiger partial charge in [0.25, 0.3) is 0 Å². The number of fused-ring (bicyclic) bond motifs is 4. The Kier molecular flexibility index (Phi) is 5.04.